The molecule has 0 aliphatic heterocycles. The van der Waals surface area contributed by atoms with Crippen LogP contribution in [0.2, 0.25) is 0 Å². The third-order valence-electron chi connectivity index (χ3n) is 2.17. The zero-order valence-corrected chi connectivity index (χ0v) is 8.99. The first-order chi connectivity index (χ1) is 7.11. The Kier molecular flexibility index (Phi) is 3.71. The molecule has 4 N–H and O–H groups in total. The first kappa shape index (κ1) is 11.6. The van der Waals surface area contributed by atoms with Gasteiger partial charge in [0.2, 0.25) is 0 Å². The Morgan fingerprint density at radius 3 is 2.40 bits per heavy atom. The lowest BCUT2D eigenvalue weighted by Crippen LogP contribution is -2.09. The van der Waals surface area contributed by atoms with Crippen LogP contribution in [0.1, 0.15) is 17.4 Å². The molecule has 0 spiro atoms. The topological polar surface area (TPSA) is 70.5 Å². The number of hydrogen-bond donors (Lipinski definition) is 2. The molecule has 82 valence electrons. The van der Waals surface area contributed by atoms with E-state index in [1.165, 1.54) is 0 Å². The Hall–Kier alpha value is -1.52. The molecule has 0 atom stereocenters. The number of rotatable bonds is 4. The van der Waals surface area contributed by atoms with Crippen molar-refractivity contribution in [3.05, 3.63) is 35.9 Å². The quantitative estimate of drug-likeness (QED) is 0.581. The number of methoxy groups -OCH3 is 2. The molecular formula is C11H16N2O2. The Morgan fingerprint density at radius 1 is 1.33 bits per heavy atom. The van der Waals surface area contributed by atoms with Crippen LogP contribution in [-0.4, -0.2) is 14.2 Å². The molecule has 0 amide bonds. The number of ether oxygens (including phenoxy) is 2. The van der Waals surface area contributed by atoms with Gasteiger partial charge in [-0.2, -0.15) is 0 Å². The summed E-state index contributed by atoms with van der Waals surface area (Å²) in [6, 6.07) is 5.48. The van der Waals surface area contributed by atoms with Crippen molar-refractivity contribution in [3.8, 4) is 0 Å². The smallest absolute Gasteiger partial charge is 0.185 e. The van der Waals surface area contributed by atoms with Gasteiger partial charge in [0.25, 0.3) is 0 Å². The molecule has 1 rings (SSSR count). The summed E-state index contributed by atoms with van der Waals surface area (Å²) in [4.78, 5) is 0. The van der Waals surface area contributed by atoms with E-state index in [0.29, 0.717) is 16.9 Å². The Morgan fingerprint density at radius 2 is 1.93 bits per heavy atom. The van der Waals surface area contributed by atoms with Crippen molar-refractivity contribution in [3.63, 3.8) is 0 Å². The fraction of sp³-hybridized carbons (Fsp3) is 0.273. The zero-order chi connectivity index (χ0) is 11.4. The number of nitrogens with two attached hydrogens (primary N) is 2. The predicted molar refractivity (Wildman–Crippen MR) is 60.8 cm³/mol. The maximum absolute atomic E-state index is 5.94. The second-order valence-corrected chi connectivity index (χ2v) is 3.14. The van der Waals surface area contributed by atoms with Gasteiger partial charge in [-0.25, -0.2) is 0 Å². The first-order valence-electron chi connectivity index (χ1n) is 4.50. The van der Waals surface area contributed by atoms with Gasteiger partial charge >= 0.3 is 0 Å². The SMILES string of the molecule is C=C(N)c1cccc(C(OC)OC)c1N. The van der Waals surface area contributed by atoms with E-state index in [0.717, 1.165) is 5.56 Å². The van der Waals surface area contributed by atoms with Crippen LogP contribution in [0, 0.1) is 0 Å². The van der Waals surface area contributed by atoms with Gasteiger partial charge in [0, 0.05) is 36.7 Å². The molecule has 0 heterocycles. The van der Waals surface area contributed by atoms with Crippen molar-refractivity contribution in [2.24, 2.45) is 5.73 Å². The minimum atomic E-state index is -0.482. The second-order valence-electron chi connectivity index (χ2n) is 3.14. The highest BCUT2D eigenvalue weighted by Crippen LogP contribution is 2.28. The molecule has 0 bridgehead atoms. The van der Waals surface area contributed by atoms with E-state index >= 15 is 0 Å². The minimum absolute atomic E-state index is 0.431. The highest BCUT2D eigenvalue weighted by Gasteiger charge is 2.14. The molecular weight excluding hydrogens is 192 g/mol. The zero-order valence-electron chi connectivity index (χ0n) is 8.99. The van der Waals surface area contributed by atoms with E-state index in [1.54, 1.807) is 14.2 Å². The molecule has 4 heteroatoms. The van der Waals surface area contributed by atoms with Crippen LogP contribution in [0.15, 0.2) is 24.8 Å². The first-order valence-corrected chi connectivity index (χ1v) is 4.50. The number of nitrogen functional groups attached to an aromatic ring is 1. The van der Waals surface area contributed by atoms with Crippen LogP contribution in [0.3, 0.4) is 0 Å². The van der Waals surface area contributed by atoms with E-state index in [4.69, 9.17) is 20.9 Å². The Labute approximate surface area is 89.5 Å². The third-order valence-corrected chi connectivity index (χ3v) is 2.17. The summed E-state index contributed by atoms with van der Waals surface area (Å²) in [7, 11) is 3.11. The predicted octanol–water partition coefficient (Wildman–Crippen LogP) is 1.49. The molecule has 0 aliphatic rings. The van der Waals surface area contributed by atoms with Gasteiger partial charge in [-0.3, -0.25) is 0 Å². The standard InChI is InChI=1S/C11H16N2O2/c1-7(12)8-5-4-6-9(10(8)13)11(14-2)15-3/h4-6,11H,1,12-13H2,2-3H3. The molecule has 4 nitrogen and oxygen atoms in total. The highest BCUT2D eigenvalue weighted by molar-refractivity contribution is 5.74. The Balaban J connectivity index is 3.19. The lowest BCUT2D eigenvalue weighted by molar-refractivity contribution is -0.105. The van der Waals surface area contributed by atoms with Gasteiger partial charge in [-0.1, -0.05) is 24.8 Å². The number of para-hydroxylation sites is 1. The van der Waals surface area contributed by atoms with Gasteiger partial charge in [0.1, 0.15) is 0 Å². The highest BCUT2D eigenvalue weighted by atomic mass is 16.7. The van der Waals surface area contributed by atoms with Gasteiger partial charge in [-0.05, 0) is 0 Å². The fourth-order valence-corrected chi connectivity index (χ4v) is 1.42. The summed E-state index contributed by atoms with van der Waals surface area (Å²) < 4.78 is 10.3. The number of benzene rings is 1. The van der Waals surface area contributed by atoms with Crippen LogP contribution in [0.5, 0.6) is 0 Å². The molecule has 0 aromatic heterocycles. The van der Waals surface area contributed by atoms with E-state index in [-0.39, 0.29) is 0 Å². The average Bonchev–Trinajstić information content (AvgIpc) is 2.21. The molecule has 1 aromatic rings. The normalized spacial score (nSPS) is 10.6. The van der Waals surface area contributed by atoms with E-state index < -0.39 is 6.29 Å². The molecule has 1 aromatic carbocycles. The van der Waals surface area contributed by atoms with Crippen LogP contribution in [0.25, 0.3) is 5.70 Å². The van der Waals surface area contributed by atoms with Crippen molar-refractivity contribution in [1.29, 1.82) is 0 Å². The van der Waals surface area contributed by atoms with Crippen molar-refractivity contribution in [2.75, 3.05) is 20.0 Å². The maximum atomic E-state index is 5.94. The van der Waals surface area contributed by atoms with Crippen LogP contribution < -0.4 is 11.5 Å². The monoisotopic (exact) mass is 208 g/mol. The molecule has 15 heavy (non-hydrogen) atoms. The average molecular weight is 208 g/mol. The van der Waals surface area contributed by atoms with Gasteiger partial charge < -0.3 is 20.9 Å². The largest absolute Gasteiger partial charge is 0.399 e. The third kappa shape index (κ3) is 2.29. The van der Waals surface area contributed by atoms with Gasteiger partial charge in [0.05, 0.1) is 0 Å². The lowest BCUT2D eigenvalue weighted by Gasteiger charge is -2.17. The summed E-state index contributed by atoms with van der Waals surface area (Å²) in [5.41, 5.74) is 14.0. The summed E-state index contributed by atoms with van der Waals surface area (Å²) in [5, 5.41) is 0. The number of anilines is 1. The van der Waals surface area contributed by atoms with Crippen molar-refractivity contribution >= 4 is 11.4 Å². The lowest BCUT2D eigenvalue weighted by atomic mass is 10.1. The van der Waals surface area contributed by atoms with E-state index in [2.05, 4.69) is 6.58 Å². The summed E-state index contributed by atoms with van der Waals surface area (Å²) in [6.07, 6.45) is -0.482. The molecule has 0 saturated carbocycles. The maximum Gasteiger partial charge on any atom is 0.185 e. The van der Waals surface area contributed by atoms with E-state index in [1.807, 2.05) is 18.2 Å². The van der Waals surface area contributed by atoms with E-state index in [9.17, 15) is 0 Å². The van der Waals surface area contributed by atoms with Crippen molar-refractivity contribution in [1.82, 2.24) is 0 Å². The summed E-state index contributed by atoms with van der Waals surface area (Å²) in [5.74, 6) is 0. The fourth-order valence-electron chi connectivity index (χ4n) is 1.42. The summed E-state index contributed by atoms with van der Waals surface area (Å²) >= 11 is 0. The van der Waals surface area contributed by atoms with Crippen molar-refractivity contribution in [2.45, 2.75) is 6.29 Å². The van der Waals surface area contributed by atoms with Gasteiger partial charge in [-0.15, -0.1) is 0 Å². The molecule has 0 radical (unpaired) electrons. The minimum Gasteiger partial charge on any atom is -0.399 e. The van der Waals surface area contributed by atoms with Gasteiger partial charge in [0.15, 0.2) is 6.29 Å². The van der Waals surface area contributed by atoms with Crippen LogP contribution >= 0.6 is 0 Å². The molecule has 0 fully saturated rings. The second kappa shape index (κ2) is 4.82. The van der Waals surface area contributed by atoms with Crippen molar-refractivity contribution < 1.29 is 9.47 Å². The Bertz CT molecular complexity index is 360. The molecule has 0 aliphatic carbocycles. The number of hydrogen-bond acceptors (Lipinski definition) is 4. The molecule has 0 saturated heterocycles. The van der Waals surface area contributed by atoms with Crippen LogP contribution in [0.4, 0.5) is 5.69 Å². The molecule has 0 unspecified atom stereocenters. The summed E-state index contributed by atoms with van der Waals surface area (Å²) in [6.45, 7) is 3.65. The van der Waals surface area contributed by atoms with Crippen LogP contribution in [-0.2, 0) is 9.47 Å².